The van der Waals surface area contributed by atoms with Crippen LogP contribution in [0.4, 0.5) is 0 Å². The lowest BCUT2D eigenvalue weighted by Crippen LogP contribution is -2.43. The third-order valence-electron chi connectivity index (χ3n) is 4.24. The summed E-state index contributed by atoms with van der Waals surface area (Å²) in [5.74, 6) is 1.78. The molecule has 1 saturated heterocycles. The van der Waals surface area contributed by atoms with Crippen molar-refractivity contribution in [2.24, 2.45) is 11.8 Å². The third kappa shape index (κ3) is 3.46. The van der Waals surface area contributed by atoms with Gasteiger partial charge in [-0.05, 0) is 37.6 Å². The average molecular weight is 225 g/mol. The fraction of sp³-hybridized carbons (Fsp3) is 1.00. The Labute approximate surface area is 100 Å². The van der Waals surface area contributed by atoms with Crippen molar-refractivity contribution in [3.05, 3.63) is 0 Å². The number of rotatable bonds is 5. The van der Waals surface area contributed by atoms with Crippen LogP contribution in [0.3, 0.4) is 0 Å². The molecule has 0 spiro atoms. The van der Waals surface area contributed by atoms with E-state index in [1.54, 1.807) is 0 Å². The highest BCUT2D eigenvalue weighted by molar-refractivity contribution is 4.82. The van der Waals surface area contributed by atoms with Gasteiger partial charge in [-0.1, -0.05) is 32.6 Å². The van der Waals surface area contributed by atoms with Gasteiger partial charge in [-0.2, -0.15) is 0 Å². The van der Waals surface area contributed by atoms with Crippen molar-refractivity contribution >= 4 is 0 Å². The van der Waals surface area contributed by atoms with E-state index in [0.29, 0.717) is 0 Å². The predicted molar refractivity (Wildman–Crippen MR) is 67.6 cm³/mol. The van der Waals surface area contributed by atoms with Crippen LogP contribution in [-0.2, 0) is 4.74 Å². The zero-order chi connectivity index (χ0) is 11.2. The van der Waals surface area contributed by atoms with E-state index in [9.17, 15) is 0 Å². The minimum absolute atomic E-state index is 0.731. The molecule has 0 radical (unpaired) electrons. The van der Waals surface area contributed by atoms with Crippen LogP contribution < -0.4 is 5.32 Å². The van der Waals surface area contributed by atoms with Crippen LogP contribution in [0.25, 0.3) is 0 Å². The second-order valence-electron chi connectivity index (χ2n) is 5.57. The van der Waals surface area contributed by atoms with Gasteiger partial charge in [-0.3, -0.25) is 0 Å². The monoisotopic (exact) mass is 225 g/mol. The normalized spacial score (nSPS) is 32.1. The summed E-state index contributed by atoms with van der Waals surface area (Å²) in [4.78, 5) is 0. The predicted octanol–water partition coefficient (Wildman–Crippen LogP) is 2.97. The Morgan fingerprint density at radius 3 is 2.75 bits per heavy atom. The standard InChI is InChI=1S/C14H27NO/c1-2-8-15-14-7-9-16-11-13(14)10-12-5-3-4-6-12/h12-15H,2-11H2,1H3. The van der Waals surface area contributed by atoms with Crippen LogP contribution in [-0.4, -0.2) is 25.8 Å². The van der Waals surface area contributed by atoms with E-state index in [2.05, 4.69) is 12.2 Å². The molecule has 1 saturated carbocycles. The van der Waals surface area contributed by atoms with Crippen LogP contribution in [0.1, 0.15) is 51.9 Å². The molecule has 0 aromatic heterocycles. The minimum atomic E-state index is 0.731. The second kappa shape index (κ2) is 6.61. The van der Waals surface area contributed by atoms with Gasteiger partial charge in [0.15, 0.2) is 0 Å². The summed E-state index contributed by atoms with van der Waals surface area (Å²) in [5, 5.41) is 3.72. The Hall–Kier alpha value is -0.0800. The van der Waals surface area contributed by atoms with Crippen LogP contribution in [0.5, 0.6) is 0 Å². The van der Waals surface area contributed by atoms with Crippen molar-refractivity contribution in [3.63, 3.8) is 0 Å². The SMILES string of the molecule is CCCNC1CCOCC1CC1CCCC1. The zero-order valence-corrected chi connectivity index (χ0v) is 10.7. The first-order chi connectivity index (χ1) is 7.90. The lowest BCUT2D eigenvalue weighted by atomic mass is 9.86. The second-order valence-corrected chi connectivity index (χ2v) is 5.57. The van der Waals surface area contributed by atoms with Crippen molar-refractivity contribution in [1.29, 1.82) is 0 Å². The Morgan fingerprint density at radius 2 is 2.00 bits per heavy atom. The van der Waals surface area contributed by atoms with Gasteiger partial charge in [0.1, 0.15) is 0 Å². The van der Waals surface area contributed by atoms with E-state index in [1.807, 2.05) is 0 Å². The molecule has 1 aliphatic carbocycles. The fourth-order valence-electron chi connectivity index (χ4n) is 3.30. The van der Waals surface area contributed by atoms with Crippen molar-refractivity contribution in [2.45, 2.75) is 57.9 Å². The van der Waals surface area contributed by atoms with Gasteiger partial charge >= 0.3 is 0 Å². The third-order valence-corrected chi connectivity index (χ3v) is 4.24. The fourth-order valence-corrected chi connectivity index (χ4v) is 3.30. The van der Waals surface area contributed by atoms with Gasteiger partial charge in [0, 0.05) is 12.6 Å². The molecule has 2 rings (SSSR count). The number of hydrogen-bond donors (Lipinski definition) is 1. The average Bonchev–Trinajstić information content (AvgIpc) is 2.81. The molecular weight excluding hydrogens is 198 g/mol. The van der Waals surface area contributed by atoms with Gasteiger partial charge in [-0.25, -0.2) is 0 Å². The molecule has 2 fully saturated rings. The van der Waals surface area contributed by atoms with Gasteiger partial charge < -0.3 is 10.1 Å². The first kappa shape index (κ1) is 12.4. The molecule has 2 unspecified atom stereocenters. The molecule has 0 amide bonds. The molecule has 1 heterocycles. The Balaban J connectivity index is 1.78. The van der Waals surface area contributed by atoms with E-state index in [0.717, 1.165) is 31.1 Å². The highest BCUT2D eigenvalue weighted by atomic mass is 16.5. The summed E-state index contributed by atoms with van der Waals surface area (Å²) >= 11 is 0. The maximum atomic E-state index is 5.66. The molecule has 0 aromatic rings. The van der Waals surface area contributed by atoms with Crippen LogP contribution in [0.15, 0.2) is 0 Å². The van der Waals surface area contributed by atoms with Crippen molar-refractivity contribution in [1.82, 2.24) is 5.32 Å². The maximum Gasteiger partial charge on any atom is 0.0509 e. The molecule has 1 aliphatic heterocycles. The Bertz CT molecular complexity index is 189. The van der Waals surface area contributed by atoms with E-state index in [-0.39, 0.29) is 0 Å². The van der Waals surface area contributed by atoms with E-state index in [1.165, 1.54) is 51.5 Å². The molecule has 2 aliphatic rings. The topological polar surface area (TPSA) is 21.3 Å². The largest absolute Gasteiger partial charge is 0.381 e. The van der Waals surface area contributed by atoms with E-state index >= 15 is 0 Å². The van der Waals surface area contributed by atoms with Crippen LogP contribution in [0.2, 0.25) is 0 Å². The molecule has 0 aromatic carbocycles. The first-order valence-corrected chi connectivity index (χ1v) is 7.21. The lowest BCUT2D eigenvalue weighted by Gasteiger charge is -2.34. The van der Waals surface area contributed by atoms with Crippen LogP contribution in [0, 0.1) is 11.8 Å². The van der Waals surface area contributed by atoms with Gasteiger partial charge in [0.2, 0.25) is 0 Å². The number of nitrogens with one attached hydrogen (secondary N) is 1. The molecule has 2 nitrogen and oxygen atoms in total. The molecule has 0 bridgehead atoms. The first-order valence-electron chi connectivity index (χ1n) is 7.21. The quantitative estimate of drug-likeness (QED) is 0.776. The van der Waals surface area contributed by atoms with Gasteiger partial charge in [-0.15, -0.1) is 0 Å². The van der Waals surface area contributed by atoms with Gasteiger partial charge in [0.25, 0.3) is 0 Å². The van der Waals surface area contributed by atoms with Crippen molar-refractivity contribution in [3.8, 4) is 0 Å². The lowest BCUT2D eigenvalue weighted by molar-refractivity contribution is 0.0226. The van der Waals surface area contributed by atoms with E-state index in [4.69, 9.17) is 4.74 Å². The minimum Gasteiger partial charge on any atom is -0.381 e. The number of ether oxygens (including phenoxy) is 1. The zero-order valence-electron chi connectivity index (χ0n) is 10.7. The highest BCUT2D eigenvalue weighted by Gasteiger charge is 2.28. The molecule has 2 heteroatoms. The summed E-state index contributed by atoms with van der Waals surface area (Å²) in [6, 6.07) is 0.731. The van der Waals surface area contributed by atoms with Crippen molar-refractivity contribution in [2.75, 3.05) is 19.8 Å². The van der Waals surface area contributed by atoms with Crippen molar-refractivity contribution < 1.29 is 4.74 Å². The highest BCUT2D eigenvalue weighted by Crippen LogP contribution is 2.33. The molecule has 16 heavy (non-hydrogen) atoms. The maximum absolute atomic E-state index is 5.66. The summed E-state index contributed by atoms with van der Waals surface area (Å²) in [5.41, 5.74) is 0. The number of hydrogen-bond acceptors (Lipinski definition) is 2. The summed E-state index contributed by atoms with van der Waals surface area (Å²) in [7, 11) is 0. The Morgan fingerprint density at radius 1 is 1.19 bits per heavy atom. The molecule has 94 valence electrons. The Kier molecular flexibility index (Phi) is 5.11. The molecule has 1 N–H and O–H groups in total. The molecular formula is C14H27NO. The van der Waals surface area contributed by atoms with E-state index < -0.39 is 0 Å². The molecule has 2 atom stereocenters. The van der Waals surface area contributed by atoms with Crippen LogP contribution >= 0.6 is 0 Å². The summed E-state index contributed by atoms with van der Waals surface area (Å²) < 4.78 is 5.66. The smallest absolute Gasteiger partial charge is 0.0509 e. The summed E-state index contributed by atoms with van der Waals surface area (Å²) in [6.07, 6.45) is 9.73. The summed E-state index contributed by atoms with van der Waals surface area (Å²) in [6.45, 7) is 5.38. The van der Waals surface area contributed by atoms with Gasteiger partial charge in [0.05, 0.1) is 6.61 Å².